The van der Waals surface area contributed by atoms with Crippen molar-refractivity contribution in [3.8, 4) is 0 Å². The first-order valence-corrected chi connectivity index (χ1v) is 23.4. The molecule has 1 unspecified atom stereocenters. The van der Waals surface area contributed by atoms with Crippen LogP contribution in [-0.4, -0.2) is 42.8 Å². The Morgan fingerprint density at radius 1 is 0.643 bits per heavy atom. The summed E-state index contributed by atoms with van der Waals surface area (Å²) in [6.07, 6.45) is 2.04. The quantitative estimate of drug-likeness (QED) is 0.183. The van der Waals surface area contributed by atoms with E-state index >= 15 is 0 Å². The highest BCUT2D eigenvalue weighted by molar-refractivity contribution is 7.13. The van der Waals surface area contributed by atoms with Gasteiger partial charge in [0.1, 0.15) is 5.41 Å². The van der Waals surface area contributed by atoms with Crippen LogP contribution in [0.4, 0.5) is 0 Å². The van der Waals surface area contributed by atoms with Crippen molar-refractivity contribution >= 4 is 45.7 Å². The van der Waals surface area contributed by atoms with Crippen LogP contribution in [0.2, 0.25) is 36.3 Å². The Labute approximate surface area is 259 Å². The molecule has 0 saturated heterocycles. The maximum atomic E-state index is 13.7. The first-order chi connectivity index (χ1) is 19.5. The topological polar surface area (TPSA) is 35.5 Å². The highest BCUT2D eigenvalue weighted by atomic mass is 28.4. The van der Waals surface area contributed by atoms with Crippen LogP contribution in [0.3, 0.4) is 0 Å². The van der Waals surface area contributed by atoms with Crippen molar-refractivity contribution in [3.05, 3.63) is 91.0 Å². The number of hydrogen-bond donors (Lipinski definition) is 0. The summed E-state index contributed by atoms with van der Waals surface area (Å²) < 4.78 is 14.3. The summed E-state index contributed by atoms with van der Waals surface area (Å²) in [5.74, 6) is 0. The Hall–Kier alpha value is -2.10. The molecule has 6 heteroatoms. The van der Waals surface area contributed by atoms with E-state index in [2.05, 4.69) is 141 Å². The lowest BCUT2D eigenvalue weighted by atomic mass is 10.1. The van der Waals surface area contributed by atoms with Gasteiger partial charge in [0.2, 0.25) is 0 Å². The predicted octanol–water partition coefficient (Wildman–Crippen LogP) is 7.85. The van der Waals surface area contributed by atoms with E-state index in [0.717, 1.165) is 12.8 Å². The molecule has 0 aliphatic carbocycles. The van der Waals surface area contributed by atoms with Crippen molar-refractivity contribution in [1.29, 1.82) is 0 Å². The van der Waals surface area contributed by atoms with Gasteiger partial charge in [-0.3, -0.25) is 0 Å². The monoisotopic (exact) mass is 618 g/mol. The summed E-state index contributed by atoms with van der Waals surface area (Å²) >= 11 is 0. The van der Waals surface area contributed by atoms with Crippen LogP contribution >= 0.6 is 0 Å². The molecule has 0 radical (unpaired) electrons. The SMILES string of the molecule is CC(C)(C)[Si](C)(C)OC(CCO[Si](c1ccccc1)(c1ccccc1)C(C)(C)C)CCC(=O)[Si](C)(C)c1ccccc1. The van der Waals surface area contributed by atoms with Gasteiger partial charge in [-0.1, -0.05) is 151 Å². The van der Waals surface area contributed by atoms with Gasteiger partial charge in [0, 0.05) is 19.1 Å². The Bertz CT molecular complexity index is 1220. The van der Waals surface area contributed by atoms with Gasteiger partial charge in [-0.15, -0.1) is 0 Å². The molecule has 0 aromatic heterocycles. The molecular formula is C36H54O3Si3. The van der Waals surface area contributed by atoms with Crippen molar-refractivity contribution in [2.75, 3.05) is 6.61 Å². The summed E-state index contributed by atoms with van der Waals surface area (Å²) in [5, 5.41) is 4.18. The van der Waals surface area contributed by atoms with Gasteiger partial charge in [-0.25, -0.2) is 0 Å². The maximum Gasteiger partial charge on any atom is 0.261 e. The van der Waals surface area contributed by atoms with Gasteiger partial charge < -0.3 is 13.6 Å². The fraction of sp³-hybridized carbons (Fsp3) is 0.472. The van der Waals surface area contributed by atoms with Gasteiger partial charge in [-0.05, 0) is 46.4 Å². The number of hydrogen-bond acceptors (Lipinski definition) is 3. The molecule has 0 N–H and O–H groups in total. The van der Waals surface area contributed by atoms with E-state index < -0.39 is 24.7 Å². The predicted molar refractivity (Wildman–Crippen MR) is 188 cm³/mol. The van der Waals surface area contributed by atoms with E-state index in [4.69, 9.17) is 8.85 Å². The average molecular weight is 619 g/mol. The molecule has 0 saturated carbocycles. The lowest BCUT2D eigenvalue weighted by Crippen LogP contribution is -2.66. The number of benzene rings is 3. The summed E-state index contributed by atoms with van der Waals surface area (Å²) in [4.78, 5) is 13.7. The van der Waals surface area contributed by atoms with Crippen LogP contribution in [-0.2, 0) is 13.6 Å². The van der Waals surface area contributed by atoms with Crippen molar-refractivity contribution < 1.29 is 13.6 Å². The maximum absolute atomic E-state index is 13.7. The first kappa shape index (κ1) is 34.4. The molecule has 3 aromatic rings. The van der Waals surface area contributed by atoms with Gasteiger partial charge in [0.05, 0.1) is 0 Å². The Morgan fingerprint density at radius 2 is 1.07 bits per heavy atom. The zero-order chi connectivity index (χ0) is 31.2. The van der Waals surface area contributed by atoms with Gasteiger partial charge >= 0.3 is 0 Å². The largest absolute Gasteiger partial charge is 0.414 e. The third kappa shape index (κ3) is 7.89. The molecule has 1 atom stereocenters. The summed E-state index contributed by atoms with van der Waals surface area (Å²) in [5.41, 5.74) is 0. The van der Waals surface area contributed by atoms with Crippen molar-refractivity contribution in [2.24, 2.45) is 0 Å². The fourth-order valence-electron chi connectivity index (χ4n) is 5.58. The highest BCUT2D eigenvalue weighted by Gasteiger charge is 2.50. The molecule has 228 valence electrons. The van der Waals surface area contributed by atoms with E-state index in [9.17, 15) is 4.79 Å². The smallest absolute Gasteiger partial charge is 0.261 e. The summed E-state index contributed by atoms with van der Waals surface area (Å²) in [6, 6.07) is 32.0. The first-order valence-electron chi connectivity index (χ1n) is 15.5. The number of carbonyl (C=O) groups excluding carboxylic acids is 1. The minimum absolute atomic E-state index is 0.0198. The molecule has 0 aliphatic rings. The molecule has 3 aromatic carbocycles. The molecule has 0 bridgehead atoms. The van der Waals surface area contributed by atoms with Gasteiger partial charge in [-0.2, -0.15) is 0 Å². The van der Waals surface area contributed by atoms with Crippen LogP contribution in [0.5, 0.6) is 0 Å². The molecule has 3 rings (SSSR count). The van der Waals surface area contributed by atoms with Gasteiger partial charge in [0.15, 0.2) is 16.4 Å². The van der Waals surface area contributed by atoms with Crippen LogP contribution < -0.4 is 15.6 Å². The Morgan fingerprint density at radius 3 is 1.48 bits per heavy atom. The second kappa shape index (κ2) is 13.7. The summed E-state index contributed by atoms with van der Waals surface area (Å²) in [7, 11) is -6.92. The molecule has 0 amide bonds. The summed E-state index contributed by atoms with van der Waals surface area (Å²) in [6.45, 7) is 23.4. The molecule has 0 spiro atoms. The van der Waals surface area contributed by atoms with Crippen molar-refractivity contribution in [3.63, 3.8) is 0 Å². The van der Waals surface area contributed by atoms with E-state index in [1.165, 1.54) is 15.6 Å². The Kier molecular flexibility index (Phi) is 11.2. The lowest BCUT2D eigenvalue weighted by Gasteiger charge is -2.44. The highest BCUT2D eigenvalue weighted by Crippen LogP contribution is 2.39. The number of rotatable bonds is 13. The number of carbonyl (C=O) groups is 1. The van der Waals surface area contributed by atoms with Crippen LogP contribution in [0.15, 0.2) is 91.0 Å². The average Bonchev–Trinajstić information content (AvgIpc) is 2.93. The second-order valence-electron chi connectivity index (χ2n) is 14.8. The van der Waals surface area contributed by atoms with E-state index in [1.54, 1.807) is 0 Å². The molecular weight excluding hydrogens is 565 g/mol. The van der Waals surface area contributed by atoms with Crippen LogP contribution in [0.25, 0.3) is 0 Å². The molecule has 0 fully saturated rings. The third-order valence-corrected chi connectivity index (χ3v) is 22.3. The molecule has 0 aliphatic heterocycles. The second-order valence-corrected chi connectivity index (χ2v) is 28.2. The van der Waals surface area contributed by atoms with Crippen LogP contribution in [0, 0.1) is 0 Å². The molecule has 42 heavy (non-hydrogen) atoms. The third-order valence-electron chi connectivity index (χ3n) is 9.33. The van der Waals surface area contributed by atoms with E-state index in [1.807, 2.05) is 18.2 Å². The van der Waals surface area contributed by atoms with E-state index in [0.29, 0.717) is 18.4 Å². The standard InChI is InChI=1S/C36H54O3Si3/c1-35(2,3)41(9,10)39-30(26-27-34(37)40(7,8)31-20-14-11-15-21-31)28-29-38-42(36(4,5)6,32-22-16-12-17-23-32)33-24-18-13-19-25-33/h11-25,30H,26-29H2,1-10H3. The minimum atomic E-state index is -2.63. The minimum Gasteiger partial charge on any atom is -0.414 e. The Balaban J connectivity index is 1.88. The molecule has 3 nitrogen and oxygen atoms in total. The molecule has 0 heterocycles. The van der Waals surface area contributed by atoms with Gasteiger partial charge in [0.25, 0.3) is 8.32 Å². The lowest BCUT2D eigenvalue weighted by molar-refractivity contribution is -0.113. The van der Waals surface area contributed by atoms with Crippen molar-refractivity contribution in [2.45, 2.75) is 103 Å². The fourth-order valence-corrected chi connectivity index (χ4v) is 13.7. The normalized spacial score (nSPS) is 14.0. The van der Waals surface area contributed by atoms with Crippen molar-refractivity contribution in [1.82, 2.24) is 0 Å². The van der Waals surface area contributed by atoms with E-state index in [-0.39, 0.29) is 16.2 Å². The zero-order valence-corrected chi connectivity index (χ0v) is 30.8. The van der Waals surface area contributed by atoms with Crippen LogP contribution in [0.1, 0.15) is 60.8 Å². The zero-order valence-electron chi connectivity index (χ0n) is 27.8.